The Morgan fingerprint density at radius 1 is 1.31 bits per heavy atom. The van der Waals surface area contributed by atoms with Gasteiger partial charge in [-0.15, -0.1) is 0 Å². The Morgan fingerprint density at radius 3 is 2.88 bits per heavy atom. The van der Waals surface area contributed by atoms with Gasteiger partial charge in [-0.1, -0.05) is 0 Å². The van der Waals surface area contributed by atoms with E-state index < -0.39 is 0 Å². The fourth-order valence-electron chi connectivity index (χ4n) is 2.60. The average molecular weight is 220 g/mol. The van der Waals surface area contributed by atoms with E-state index in [1.807, 2.05) is 0 Å². The van der Waals surface area contributed by atoms with Gasteiger partial charge in [-0.25, -0.2) is 0 Å². The largest absolute Gasteiger partial charge is 0.401 e. The van der Waals surface area contributed by atoms with Crippen molar-refractivity contribution in [1.82, 2.24) is 4.90 Å². The summed E-state index contributed by atoms with van der Waals surface area (Å²) >= 11 is 0. The lowest BCUT2D eigenvalue weighted by atomic mass is 10.0. The van der Waals surface area contributed by atoms with E-state index in [1.165, 1.54) is 31.3 Å². The van der Waals surface area contributed by atoms with Gasteiger partial charge >= 0.3 is 0 Å². The first kappa shape index (κ1) is 10.2. The minimum atomic E-state index is 0.537. The number of nitrogens with two attached hydrogens (primary N) is 1. The summed E-state index contributed by atoms with van der Waals surface area (Å²) in [6.45, 7) is 2.67. The van der Waals surface area contributed by atoms with Gasteiger partial charge in [0.1, 0.15) is 0 Å². The van der Waals surface area contributed by atoms with Gasteiger partial charge in [0.25, 0.3) is 0 Å². The molecule has 1 aliphatic carbocycles. The van der Waals surface area contributed by atoms with Crippen LogP contribution in [0.15, 0.2) is 23.5 Å². The van der Waals surface area contributed by atoms with Gasteiger partial charge in [0.2, 0.25) is 0 Å². The van der Waals surface area contributed by atoms with Crippen LogP contribution in [-0.2, 0) is 4.74 Å². The number of allylic oxidation sites excluding steroid dienone is 2. The maximum Gasteiger partial charge on any atom is 0.0669 e. The van der Waals surface area contributed by atoms with Crippen LogP contribution in [-0.4, -0.2) is 30.7 Å². The van der Waals surface area contributed by atoms with Crippen molar-refractivity contribution in [2.24, 2.45) is 11.7 Å². The van der Waals surface area contributed by atoms with Crippen LogP contribution in [0.5, 0.6) is 0 Å². The summed E-state index contributed by atoms with van der Waals surface area (Å²) in [4.78, 5) is 2.39. The molecule has 2 heterocycles. The van der Waals surface area contributed by atoms with Gasteiger partial charge in [-0.05, 0) is 43.3 Å². The van der Waals surface area contributed by atoms with E-state index in [2.05, 4.69) is 17.2 Å². The maximum atomic E-state index is 6.03. The maximum absolute atomic E-state index is 6.03. The van der Waals surface area contributed by atoms with Crippen LogP contribution in [0.2, 0.25) is 0 Å². The molecule has 0 aromatic heterocycles. The third-order valence-electron chi connectivity index (χ3n) is 3.69. The molecular weight excluding hydrogens is 200 g/mol. The lowest BCUT2D eigenvalue weighted by Gasteiger charge is -2.35. The highest BCUT2D eigenvalue weighted by atomic mass is 16.5. The zero-order valence-corrected chi connectivity index (χ0v) is 9.69. The summed E-state index contributed by atoms with van der Waals surface area (Å²) in [5, 5.41) is 0. The molecule has 3 nitrogen and oxygen atoms in total. The Hall–Kier alpha value is -0.960. The Balaban J connectivity index is 1.72. The van der Waals surface area contributed by atoms with Gasteiger partial charge in [0.05, 0.1) is 19.2 Å². The van der Waals surface area contributed by atoms with E-state index in [0.717, 1.165) is 31.4 Å². The molecule has 0 aromatic carbocycles. The molecular formula is C13H20N2O. The second-order valence-corrected chi connectivity index (χ2v) is 5.17. The second-order valence-electron chi connectivity index (χ2n) is 5.17. The van der Waals surface area contributed by atoms with E-state index >= 15 is 0 Å². The van der Waals surface area contributed by atoms with Crippen molar-refractivity contribution < 1.29 is 4.74 Å². The van der Waals surface area contributed by atoms with Crippen molar-refractivity contribution in [3.63, 3.8) is 0 Å². The molecule has 0 radical (unpaired) electrons. The van der Waals surface area contributed by atoms with E-state index in [1.54, 1.807) is 0 Å². The molecule has 1 atom stereocenters. The van der Waals surface area contributed by atoms with Gasteiger partial charge in [0, 0.05) is 18.5 Å². The fraction of sp³-hybridized carbons (Fsp3) is 0.692. The molecule has 2 fully saturated rings. The molecule has 2 N–H and O–H groups in total. The van der Waals surface area contributed by atoms with E-state index in [4.69, 9.17) is 10.5 Å². The number of rotatable bonds is 2. The molecule has 1 saturated carbocycles. The predicted octanol–water partition coefficient (Wildman–Crippen LogP) is 1.62. The van der Waals surface area contributed by atoms with Crippen LogP contribution in [0.25, 0.3) is 0 Å². The summed E-state index contributed by atoms with van der Waals surface area (Å²) in [6, 6.07) is 0.537. The van der Waals surface area contributed by atoms with Crippen molar-refractivity contribution >= 4 is 0 Å². The highest BCUT2D eigenvalue weighted by molar-refractivity contribution is 5.31. The van der Waals surface area contributed by atoms with Crippen molar-refractivity contribution in [1.29, 1.82) is 0 Å². The summed E-state index contributed by atoms with van der Waals surface area (Å²) < 4.78 is 5.55. The first-order chi connectivity index (χ1) is 7.83. The van der Waals surface area contributed by atoms with Crippen molar-refractivity contribution in [2.45, 2.75) is 31.7 Å². The monoisotopic (exact) mass is 220 g/mol. The van der Waals surface area contributed by atoms with Crippen molar-refractivity contribution in [3.8, 4) is 0 Å². The van der Waals surface area contributed by atoms with Crippen LogP contribution in [0.1, 0.15) is 25.7 Å². The first-order valence-electron chi connectivity index (χ1n) is 6.34. The predicted molar refractivity (Wildman–Crippen MR) is 63.6 cm³/mol. The molecule has 16 heavy (non-hydrogen) atoms. The fourth-order valence-corrected chi connectivity index (χ4v) is 2.60. The van der Waals surface area contributed by atoms with E-state index in [9.17, 15) is 0 Å². The zero-order valence-electron chi connectivity index (χ0n) is 9.69. The molecule has 0 bridgehead atoms. The number of ether oxygens (including phenoxy) is 1. The van der Waals surface area contributed by atoms with Crippen LogP contribution in [0, 0.1) is 5.92 Å². The summed E-state index contributed by atoms with van der Waals surface area (Å²) in [5.41, 5.74) is 8.47. The minimum Gasteiger partial charge on any atom is -0.401 e. The van der Waals surface area contributed by atoms with Crippen LogP contribution in [0.3, 0.4) is 0 Å². The third kappa shape index (κ3) is 2.09. The third-order valence-corrected chi connectivity index (χ3v) is 3.69. The number of nitrogens with zero attached hydrogens (tertiary/aromatic N) is 1. The van der Waals surface area contributed by atoms with Crippen LogP contribution < -0.4 is 5.73 Å². The highest BCUT2D eigenvalue weighted by Gasteiger charge is 2.29. The molecule has 0 spiro atoms. The molecule has 0 amide bonds. The van der Waals surface area contributed by atoms with Gasteiger partial charge in [0.15, 0.2) is 0 Å². The van der Waals surface area contributed by atoms with Gasteiger partial charge < -0.3 is 15.4 Å². The molecule has 1 saturated heterocycles. The summed E-state index contributed by atoms with van der Waals surface area (Å²) in [7, 11) is 0. The minimum absolute atomic E-state index is 0.537. The Labute approximate surface area is 96.9 Å². The normalized spacial score (nSPS) is 31.0. The quantitative estimate of drug-likeness (QED) is 0.768. The first-order valence-corrected chi connectivity index (χ1v) is 6.34. The van der Waals surface area contributed by atoms with E-state index in [-0.39, 0.29) is 0 Å². The molecule has 3 aliphatic rings. The molecule has 3 rings (SSSR count). The highest BCUT2D eigenvalue weighted by Crippen LogP contribution is 2.39. The zero-order chi connectivity index (χ0) is 11.0. The van der Waals surface area contributed by atoms with Crippen LogP contribution in [0.4, 0.5) is 0 Å². The summed E-state index contributed by atoms with van der Waals surface area (Å²) in [6.07, 6.45) is 9.60. The summed E-state index contributed by atoms with van der Waals surface area (Å²) in [5.74, 6) is 0.783. The molecule has 0 aromatic rings. The standard InChI is InChI=1S/C13H20N2O/c14-12-6-11(10-3-4-10)7-15(8-12)13-2-1-5-16-9-13/h6-7,10,13H,1-5,8-9,14H2. The lowest BCUT2D eigenvalue weighted by Crippen LogP contribution is -2.41. The Morgan fingerprint density at radius 2 is 2.19 bits per heavy atom. The van der Waals surface area contributed by atoms with E-state index in [0.29, 0.717) is 6.04 Å². The van der Waals surface area contributed by atoms with Crippen LogP contribution >= 0.6 is 0 Å². The average Bonchev–Trinajstić information content (AvgIpc) is 3.13. The lowest BCUT2D eigenvalue weighted by molar-refractivity contribution is 0.0367. The molecule has 1 unspecified atom stereocenters. The Bertz CT molecular complexity index is 325. The smallest absolute Gasteiger partial charge is 0.0669 e. The van der Waals surface area contributed by atoms with Crippen molar-refractivity contribution in [2.75, 3.05) is 19.8 Å². The van der Waals surface area contributed by atoms with Gasteiger partial charge in [-0.2, -0.15) is 0 Å². The molecule has 3 heteroatoms. The number of hydrogen-bond acceptors (Lipinski definition) is 3. The van der Waals surface area contributed by atoms with Crippen molar-refractivity contribution in [3.05, 3.63) is 23.5 Å². The van der Waals surface area contributed by atoms with Gasteiger partial charge in [-0.3, -0.25) is 0 Å². The molecule has 88 valence electrons. The second kappa shape index (κ2) is 4.13. The topological polar surface area (TPSA) is 38.5 Å². The number of hydrogen-bond donors (Lipinski definition) is 1. The SMILES string of the molecule is NC1=CC(C2CC2)=CN(C2CCCOC2)C1. The molecule has 2 aliphatic heterocycles. The Kier molecular flexibility index (Phi) is 2.64.